The number of carbonyl (C=O) groups is 1. The summed E-state index contributed by atoms with van der Waals surface area (Å²) in [5, 5.41) is 22.2. The Morgan fingerprint density at radius 2 is 1.52 bits per heavy atom. The van der Waals surface area contributed by atoms with Crippen LogP contribution < -0.4 is 19.5 Å². The Bertz CT molecular complexity index is 710. The molecule has 0 aromatic heterocycles. The average Bonchev–Trinajstić information content (AvgIpc) is 2.72. The quantitative estimate of drug-likeness (QED) is 0.347. The lowest BCUT2D eigenvalue weighted by atomic mass is 10.3. The van der Waals surface area contributed by atoms with E-state index < -0.39 is 12.1 Å². The SMILES string of the molecule is COC(=O)COc1ccc(OCCNCC(O)COc2ccc(O)cc2)cc1.Cl. The summed E-state index contributed by atoms with van der Waals surface area (Å²) in [5.41, 5.74) is 0. The number of hydrogen-bond donors (Lipinski definition) is 3. The highest BCUT2D eigenvalue weighted by Gasteiger charge is 2.05. The maximum Gasteiger partial charge on any atom is 0.343 e. The van der Waals surface area contributed by atoms with Crippen LogP contribution in [0.2, 0.25) is 0 Å². The first kappa shape index (κ1) is 24.4. The van der Waals surface area contributed by atoms with E-state index in [-0.39, 0.29) is 31.4 Å². The number of halogens is 1. The third kappa shape index (κ3) is 9.89. The maximum absolute atomic E-state index is 11.0. The van der Waals surface area contributed by atoms with Crippen molar-refractivity contribution in [1.29, 1.82) is 0 Å². The number of esters is 1. The van der Waals surface area contributed by atoms with E-state index in [9.17, 15) is 15.0 Å². The number of hydrogen-bond acceptors (Lipinski definition) is 8. The van der Waals surface area contributed by atoms with E-state index >= 15 is 0 Å². The molecular weight excluding hydrogens is 402 g/mol. The molecule has 160 valence electrons. The Kier molecular flexibility index (Phi) is 11.3. The van der Waals surface area contributed by atoms with Crippen LogP contribution in [0.15, 0.2) is 48.5 Å². The van der Waals surface area contributed by atoms with Gasteiger partial charge in [0.2, 0.25) is 0 Å². The van der Waals surface area contributed by atoms with Crippen LogP contribution in [-0.2, 0) is 9.53 Å². The van der Waals surface area contributed by atoms with Crippen LogP contribution in [-0.4, -0.2) is 62.3 Å². The van der Waals surface area contributed by atoms with E-state index in [1.54, 1.807) is 36.4 Å². The summed E-state index contributed by atoms with van der Waals surface area (Å²) in [4.78, 5) is 11.0. The molecule has 2 aromatic rings. The van der Waals surface area contributed by atoms with Crippen LogP contribution >= 0.6 is 12.4 Å². The van der Waals surface area contributed by atoms with Gasteiger partial charge in [0, 0.05) is 13.1 Å². The third-order valence-corrected chi connectivity index (χ3v) is 3.61. The Morgan fingerprint density at radius 1 is 0.966 bits per heavy atom. The Labute approximate surface area is 175 Å². The fraction of sp³-hybridized carbons (Fsp3) is 0.350. The Hall–Kier alpha value is -2.68. The molecule has 29 heavy (non-hydrogen) atoms. The van der Waals surface area contributed by atoms with Crippen molar-refractivity contribution in [1.82, 2.24) is 5.32 Å². The molecule has 8 nitrogen and oxygen atoms in total. The van der Waals surface area contributed by atoms with Gasteiger partial charge in [0.25, 0.3) is 0 Å². The van der Waals surface area contributed by atoms with E-state index in [1.165, 1.54) is 19.2 Å². The predicted octanol–water partition coefficient (Wildman–Crippen LogP) is 1.77. The number of nitrogens with one attached hydrogen (secondary N) is 1. The van der Waals surface area contributed by atoms with Gasteiger partial charge in [-0.2, -0.15) is 0 Å². The smallest absolute Gasteiger partial charge is 0.343 e. The third-order valence-electron chi connectivity index (χ3n) is 3.61. The van der Waals surface area contributed by atoms with Gasteiger partial charge >= 0.3 is 5.97 Å². The first-order valence-electron chi connectivity index (χ1n) is 8.80. The molecule has 1 atom stereocenters. The second kappa shape index (κ2) is 13.5. The van der Waals surface area contributed by atoms with Crippen LogP contribution in [0.1, 0.15) is 0 Å². The van der Waals surface area contributed by atoms with Gasteiger partial charge in [-0.3, -0.25) is 0 Å². The van der Waals surface area contributed by atoms with E-state index in [0.29, 0.717) is 36.9 Å². The van der Waals surface area contributed by atoms with Gasteiger partial charge < -0.3 is 34.5 Å². The number of benzene rings is 2. The van der Waals surface area contributed by atoms with Gasteiger partial charge in [0.15, 0.2) is 6.61 Å². The van der Waals surface area contributed by atoms with Crippen LogP contribution in [0.3, 0.4) is 0 Å². The lowest BCUT2D eigenvalue weighted by Crippen LogP contribution is -2.33. The number of aromatic hydroxyl groups is 1. The number of rotatable bonds is 12. The predicted molar refractivity (Wildman–Crippen MR) is 109 cm³/mol. The lowest BCUT2D eigenvalue weighted by molar-refractivity contribution is -0.142. The Balaban J connectivity index is 0.00000420. The summed E-state index contributed by atoms with van der Waals surface area (Å²) in [5.74, 6) is 1.52. The fourth-order valence-electron chi connectivity index (χ4n) is 2.14. The molecule has 2 aromatic carbocycles. The molecule has 0 bridgehead atoms. The van der Waals surface area contributed by atoms with Crippen LogP contribution in [0, 0.1) is 0 Å². The minimum atomic E-state index is -0.667. The van der Waals surface area contributed by atoms with Crippen molar-refractivity contribution in [2.45, 2.75) is 6.10 Å². The number of phenols is 1. The number of aliphatic hydroxyl groups excluding tert-OH is 1. The molecule has 0 heterocycles. The molecule has 0 saturated carbocycles. The number of aliphatic hydroxyl groups is 1. The van der Waals surface area contributed by atoms with Crippen LogP contribution in [0.25, 0.3) is 0 Å². The second-order valence-corrected chi connectivity index (χ2v) is 5.85. The van der Waals surface area contributed by atoms with E-state index in [0.717, 1.165) is 0 Å². The minimum absolute atomic E-state index is 0. The maximum atomic E-state index is 11.0. The van der Waals surface area contributed by atoms with Crippen molar-refractivity contribution in [2.24, 2.45) is 0 Å². The standard InChI is InChI=1S/C20H25NO7.ClH/c1-25-20(24)14-28-19-8-6-17(7-9-19)26-11-10-21-12-16(23)13-27-18-4-2-15(22)3-5-18;/h2-9,16,21-23H,10-14H2,1H3;1H. The van der Waals surface area contributed by atoms with Gasteiger partial charge in [-0.15, -0.1) is 12.4 Å². The first-order valence-corrected chi connectivity index (χ1v) is 8.80. The molecule has 0 radical (unpaired) electrons. The Morgan fingerprint density at radius 3 is 2.14 bits per heavy atom. The van der Waals surface area contributed by atoms with E-state index in [1.807, 2.05) is 0 Å². The molecule has 2 rings (SSSR count). The van der Waals surface area contributed by atoms with Crippen molar-refractivity contribution in [3.8, 4) is 23.0 Å². The fourth-order valence-corrected chi connectivity index (χ4v) is 2.14. The first-order chi connectivity index (χ1) is 13.6. The van der Waals surface area contributed by atoms with E-state index in [2.05, 4.69) is 10.1 Å². The van der Waals surface area contributed by atoms with Crippen molar-refractivity contribution < 1.29 is 34.0 Å². The summed E-state index contributed by atoms with van der Waals surface area (Å²) in [7, 11) is 1.30. The largest absolute Gasteiger partial charge is 0.508 e. The van der Waals surface area contributed by atoms with Gasteiger partial charge in [-0.1, -0.05) is 0 Å². The molecule has 0 spiro atoms. The highest BCUT2D eigenvalue weighted by atomic mass is 35.5. The summed E-state index contributed by atoms with van der Waals surface area (Å²) in [6.45, 7) is 1.34. The normalized spacial score (nSPS) is 11.1. The average molecular weight is 428 g/mol. The zero-order chi connectivity index (χ0) is 20.2. The monoisotopic (exact) mass is 427 g/mol. The van der Waals surface area contributed by atoms with Crippen molar-refractivity contribution >= 4 is 18.4 Å². The summed E-state index contributed by atoms with van der Waals surface area (Å²) in [6.07, 6.45) is -0.667. The molecule has 0 amide bonds. The van der Waals surface area contributed by atoms with Gasteiger partial charge in [0.1, 0.15) is 42.3 Å². The number of ether oxygens (including phenoxy) is 4. The molecule has 0 fully saturated rings. The summed E-state index contributed by atoms with van der Waals surface area (Å²) >= 11 is 0. The van der Waals surface area contributed by atoms with Crippen molar-refractivity contribution in [3.63, 3.8) is 0 Å². The minimum Gasteiger partial charge on any atom is -0.508 e. The highest BCUT2D eigenvalue weighted by molar-refractivity contribution is 5.85. The molecule has 0 aliphatic heterocycles. The molecule has 1 unspecified atom stereocenters. The molecule has 0 aliphatic carbocycles. The molecule has 0 aliphatic rings. The zero-order valence-corrected chi connectivity index (χ0v) is 16.9. The highest BCUT2D eigenvalue weighted by Crippen LogP contribution is 2.17. The number of carbonyl (C=O) groups excluding carboxylic acids is 1. The molecule has 3 N–H and O–H groups in total. The number of phenolic OH excluding ortho intramolecular Hbond substituents is 1. The van der Waals surface area contributed by atoms with E-state index in [4.69, 9.17) is 14.2 Å². The molecule has 9 heteroatoms. The van der Waals surface area contributed by atoms with Gasteiger partial charge in [-0.25, -0.2) is 4.79 Å². The topological polar surface area (TPSA) is 106 Å². The van der Waals surface area contributed by atoms with Crippen molar-refractivity contribution in [3.05, 3.63) is 48.5 Å². The second-order valence-electron chi connectivity index (χ2n) is 5.85. The van der Waals surface area contributed by atoms with Crippen LogP contribution in [0.4, 0.5) is 0 Å². The van der Waals surface area contributed by atoms with Crippen LogP contribution in [0.5, 0.6) is 23.0 Å². The number of methoxy groups -OCH3 is 1. The lowest BCUT2D eigenvalue weighted by Gasteiger charge is -2.14. The van der Waals surface area contributed by atoms with Crippen molar-refractivity contribution in [2.75, 3.05) is 40.0 Å². The molecule has 0 saturated heterocycles. The summed E-state index contributed by atoms with van der Waals surface area (Å²) < 4.78 is 20.8. The van der Waals surface area contributed by atoms with Gasteiger partial charge in [0.05, 0.1) is 7.11 Å². The zero-order valence-electron chi connectivity index (χ0n) is 16.1. The van der Waals surface area contributed by atoms with Gasteiger partial charge in [-0.05, 0) is 48.5 Å². The summed E-state index contributed by atoms with van der Waals surface area (Å²) in [6, 6.07) is 13.2. The molecular formula is C20H26ClNO7.